The number of anilines is 1. The molecular formula is C18H25N3O3. The van der Waals surface area contributed by atoms with E-state index in [2.05, 4.69) is 6.07 Å². The molecule has 2 rings (SSSR count). The Hall–Kier alpha value is -2.10. The zero-order valence-corrected chi connectivity index (χ0v) is 14.1. The highest BCUT2D eigenvalue weighted by atomic mass is 16.5. The first-order valence-corrected chi connectivity index (χ1v) is 8.44. The first kappa shape index (κ1) is 18.2. The number of carbonyl (C=O) groups excluding carboxylic acids is 1. The van der Waals surface area contributed by atoms with Gasteiger partial charge in [0.15, 0.2) is 0 Å². The fraction of sp³-hybridized carbons (Fsp3) is 0.556. The summed E-state index contributed by atoms with van der Waals surface area (Å²) >= 11 is 0. The minimum absolute atomic E-state index is 0.0465. The number of aliphatic hydroxyl groups excluding tert-OH is 1. The molecule has 1 aromatic carbocycles. The van der Waals surface area contributed by atoms with E-state index in [0.717, 1.165) is 30.8 Å². The van der Waals surface area contributed by atoms with Crippen LogP contribution < -0.4 is 9.64 Å². The normalized spacial score (nSPS) is 17.5. The average molecular weight is 331 g/mol. The van der Waals surface area contributed by atoms with Crippen molar-refractivity contribution in [3.8, 4) is 11.8 Å². The standard InChI is InChI=1S/C18H25N3O3/c1-2-24-17-8-6-15(7-9-17)21(12-4-10-19)18(23)13-20-11-3-5-16(20)14-22/h6-9,16,22H,2-5,11-14H2,1H3/t16-/m0/s1. The van der Waals surface area contributed by atoms with Crippen molar-refractivity contribution in [1.29, 1.82) is 5.26 Å². The third-order valence-electron chi connectivity index (χ3n) is 4.26. The molecule has 0 bridgehead atoms. The summed E-state index contributed by atoms with van der Waals surface area (Å²) < 4.78 is 5.43. The first-order chi connectivity index (χ1) is 11.7. The first-order valence-electron chi connectivity index (χ1n) is 8.44. The molecule has 1 saturated heterocycles. The second kappa shape index (κ2) is 9.26. The van der Waals surface area contributed by atoms with E-state index in [4.69, 9.17) is 10.00 Å². The maximum Gasteiger partial charge on any atom is 0.241 e. The second-order valence-corrected chi connectivity index (χ2v) is 5.83. The predicted octanol–water partition coefficient (Wildman–Crippen LogP) is 1.79. The van der Waals surface area contributed by atoms with E-state index in [-0.39, 0.29) is 31.5 Å². The molecule has 0 unspecified atom stereocenters. The van der Waals surface area contributed by atoms with Crippen LogP contribution in [0.15, 0.2) is 24.3 Å². The molecule has 1 aliphatic heterocycles. The number of nitriles is 1. The Bertz CT molecular complexity index is 568. The van der Waals surface area contributed by atoms with Gasteiger partial charge in [0.2, 0.25) is 5.91 Å². The minimum atomic E-state index is -0.0465. The van der Waals surface area contributed by atoms with Gasteiger partial charge >= 0.3 is 0 Å². The van der Waals surface area contributed by atoms with E-state index in [9.17, 15) is 9.90 Å². The van der Waals surface area contributed by atoms with E-state index in [1.165, 1.54) is 0 Å². The third-order valence-corrected chi connectivity index (χ3v) is 4.26. The van der Waals surface area contributed by atoms with Crippen LogP contribution in [0.5, 0.6) is 5.75 Å². The smallest absolute Gasteiger partial charge is 0.241 e. The van der Waals surface area contributed by atoms with Gasteiger partial charge in [-0.15, -0.1) is 0 Å². The number of likely N-dealkylation sites (tertiary alicyclic amines) is 1. The van der Waals surface area contributed by atoms with Crippen molar-refractivity contribution in [3.05, 3.63) is 24.3 Å². The van der Waals surface area contributed by atoms with Crippen LogP contribution in [0.3, 0.4) is 0 Å². The zero-order chi connectivity index (χ0) is 17.4. The molecule has 0 radical (unpaired) electrons. The number of nitrogens with zero attached hydrogens (tertiary/aromatic N) is 3. The molecule has 24 heavy (non-hydrogen) atoms. The van der Waals surface area contributed by atoms with Crippen molar-refractivity contribution < 1.29 is 14.6 Å². The minimum Gasteiger partial charge on any atom is -0.494 e. The zero-order valence-electron chi connectivity index (χ0n) is 14.1. The Morgan fingerprint density at radius 1 is 1.46 bits per heavy atom. The van der Waals surface area contributed by atoms with Gasteiger partial charge in [-0.3, -0.25) is 9.69 Å². The van der Waals surface area contributed by atoms with Gasteiger partial charge in [0.05, 0.1) is 32.2 Å². The molecule has 1 aliphatic rings. The van der Waals surface area contributed by atoms with Gasteiger partial charge in [-0.1, -0.05) is 0 Å². The largest absolute Gasteiger partial charge is 0.494 e. The summed E-state index contributed by atoms with van der Waals surface area (Å²) in [5.41, 5.74) is 0.762. The van der Waals surface area contributed by atoms with Crippen LogP contribution in [0, 0.1) is 11.3 Å². The van der Waals surface area contributed by atoms with Crippen molar-refractivity contribution in [2.75, 3.05) is 37.7 Å². The fourth-order valence-electron chi connectivity index (χ4n) is 3.02. The van der Waals surface area contributed by atoms with Crippen LogP contribution in [0.1, 0.15) is 26.2 Å². The van der Waals surface area contributed by atoms with Crippen molar-refractivity contribution in [1.82, 2.24) is 4.90 Å². The van der Waals surface area contributed by atoms with Crippen molar-refractivity contribution >= 4 is 11.6 Å². The molecule has 0 saturated carbocycles. The Morgan fingerprint density at radius 2 is 2.21 bits per heavy atom. The maximum absolute atomic E-state index is 12.7. The number of carbonyl (C=O) groups is 1. The average Bonchev–Trinajstić information content (AvgIpc) is 3.04. The fourth-order valence-corrected chi connectivity index (χ4v) is 3.02. The van der Waals surface area contributed by atoms with Crippen molar-refractivity contribution in [2.45, 2.75) is 32.2 Å². The maximum atomic E-state index is 12.7. The summed E-state index contributed by atoms with van der Waals surface area (Å²) in [5, 5.41) is 18.3. The van der Waals surface area contributed by atoms with Crippen LogP contribution in [0.2, 0.25) is 0 Å². The molecule has 1 atom stereocenters. The Labute approximate surface area is 143 Å². The topological polar surface area (TPSA) is 76.8 Å². The molecule has 1 N–H and O–H groups in total. The van der Waals surface area contributed by atoms with Gasteiger partial charge in [-0.2, -0.15) is 5.26 Å². The highest BCUT2D eigenvalue weighted by molar-refractivity contribution is 5.94. The SMILES string of the molecule is CCOc1ccc(N(CCC#N)C(=O)CN2CCC[C@H]2CO)cc1. The second-order valence-electron chi connectivity index (χ2n) is 5.83. The van der Waals surface area contributed by atoms with Gasteiger partial charge in [0.25, 0.3) is 0 Å². The van der Waals surface area contributed by atoms with Crippen LogP contribution in [0.4, 0.5) is 5.69 Å². The van der Waals surface area contributed by atoms with E-state index in [0.29, 0.717) is 13.2 Å². The quantitative estimate of drug-likeness (QED) is 0.786. The molecule has 1 fully saturated rings. The summed E-state index contributed by atoms with van der Waals surface area (Å²) in [5.74, 6) is 0.712. The van der Waals surface area contributed by atoms with Crippen LogP contribution >= 0.6 is 0 Å². The molecular weight excluding hydrogens is 306 g/mol. The van der Waals surface area contributed by atoms with Gasteiger partial charge in [-0.05, 0) is 50.6 Å². The molecule has 6 nitrogen and oxygen atoms in total. The van der Waals surface area contributed by atoms with Crippen LogP contribution in [-0.2, 0) is 4.79 Å². The molecule has 0 aromatic heterocycles. The lowest BCUT2D eigenvalue weighted by Gasteiger charge is -2.27. The van der Waals surface area contributed by atoms with E-state index in [1.807, 2.05) is 36.1 Å². The lowest BCUT2D eigenvalue weighted by Crippen LogP contribution is -2.43. The molecule has 1 amide bonds. The predicted molar refractivity (Wildman–Crippen MR) is 91.9 cm³/mol. The van der Waals surface area contributed by atoms with Crippen LogP contribution in [-0.4, -0.2) is 54.8 Å². The molecule has 6 heteroatoms. The van der Waals surface area contributed by atoms with E-state index in [1.54, 1.807) is 4.90 Å². The summed E-state index contributed by atoms with van der Waals surface area (Å²) in [6.07, 6.45) is 2.20. The number of aliphatic hydroxyl groups is 1. The number of hydrogen-bond donors (Lipinski definition) is 1. The number of ether oxygens (including phenoxy) is 1. The Morgan fingerprint density at radius 3 is 2.83 bits per heavy atom. The Kier molecular flexibility index (Phi) is 7.04. The summed E-state index contributed by atoms with van der Waals surface area (Å²) in [6.45, 7) is 4.05. The number of rotatable bonds is 8. The molecule has 1 aromatic rings. The molecule has 0 spiro atoms. The van der Waals surface area contributed by atoms with E-state index >= 15 is 0 Å². The molecule has 0 aliphatic carbocycles. The molecule has 130 valence electrons. The van der Waals surface area contributed by atoms with Gasteiger partial charge < -0.3 is 14.7 Å². The van der Waals surface area contributed by atoms with Crippen molar-refractivity contribution in [3.63, 3.8) is 0 Å². The summed E-state index contributed by atoms with van der Waals surface area (Å²) in [4.78, 5) is 16.4. The Balaban J connectivity index is 2.08. The number of benzene rings is 1. The lowest BCUT2D eigenvalue weighted by molar-refractivity contribution is -0.120. The number of amides is 1. The highest BCUT2D eigenvalue weighted by Crippen LogP contribution is 2.22. The number of hydrogen-bond acceptors (Lipinski definition) is 5. The van der Waals surface area contributed by atoms with Gasteiger partial charge in [0, 0.05) is 18.3 Å². The summed E-state index contributed by atoms with van der Waals surface area (Å²) in [6, 6.07) is 9.50. The lowest BCUT2D eigenvalue weighted by atomic mass is 10.2. The summed E-state index contributed by atoms with van der Waals surface area (Å²) in [7, 11) is 0. The van der Waals surface area contributed by atoms with Gasteiger partial charge in [0.1, 0.15) is 5.75 Å². The van der Waals surface area contributed by atoms with Gasteiger partial charge in [-0.25, -0.2) is 0 Å². The molecule has 1 heterocycles. The third kappa shape index (κ3) is 4.70. The monoisotopic (exact) mass is 331 g/mol. The van der Waals surface area contributed by atoms with Crippen LogP contribution in [0.25, 0.3) is 0 Å². The van der Waals surface area contributed by atoms with Crippen molar-refractivity contribution in [2.24, 2.45) is 0 Å². The van der Waals surface area contributed by atoms with E-state index < -0.39 is 0 Å². The highest BCUT2D eigenvalue weighted by Gasteiger charge is 2.27.